The maximum Gasteiger partial charge on any atom is 0.251 e. The first-order valence-electron chi connectivity index (χ1n) is 9.36. The van der Waals surface area contributed by atoms with Gasteiger partial charge in [0, 0.05) is 24.0 Å². The number of nitrogens with one attached hydrogen (secondary N) is 2. The molecule has 4 rings (SSSR count). The van der Waals surface area contributed by atoms with Gasteiger partial charge in [0.25, 0.3) is 5.91 Å². The molecule has 8 heteroatoms. The van der Waals surface area contributed by atoms with Gasteiger partial charge in [-0.25, -0.2) is 4.98 Å². The first kappa shape index (κ1) is 23.0. The molecule has 29 heavy (non-hydrogen) atoms. The molecule has 0 saturated carbocycles. The fourth-order valence-corrected chi connectivity index (χ4v) is 3.34. The van der Waals surface area contributed by atoms with Gasteiger partial charge in [0.1, 0.15) is 18.0 Å². The molecule has 1 aromatic carbocycles. The highest BCUT2D eigenvalue weighted by Gasteiger charge is 2.16. The van der Waals surface area contributed by atoms with E-state index in [4.69, 9.17) is 4.74 Å². The molecule has 3 heterocycles. The summed E-state index contributed by atoms with van der Waals surface area (Å²) in [6.07, 6.45) is 5.94. The number of rotatable bonds is 5. The second-order valence-corrected chi connectivity index (χ2v) is 7.02. The molecular weight excluding hydrogens is 411 g/mol. The number of amides is 1. The van der Waals surface area contributed by atoms with Gasteiger partial charge in [0.2, 0.25) is 0 Å². The molecule has 0 atom stereocenters. The molecule has 6 nitrogen and oxygen atoms in total. The average molecular weight is 437 g/mol. The minimum atomic E-state index is -0.0458. The van der Waals surface area contributed by atoms with Gasteiger partial charge < -0.3 is 19.8 Å². The first-order valence-corrected chi connectivity index (χ1v) is 9.36. The molecule has 0 unspecified atom stereocenters. The lowest BCUT2D eigenvalue weighted by molar-refractivity contribution is 0.0929. The highest BCUT2D eigenvalue weighted by Crippen LogP contribution is 2.16. The fourth-order valence-electron chi connectivity index (χ4n) is 3.34. The topological polar surface area (TPSA) is 67.7 Å². The molecule has 3 aromatic rings. The molecule has 2 N–H and O–H groups in total. The monoisotopic (exact) mass is 436 g/mol. The van der Waals surface area contributed by atoms with E-state index >= 15 is 0 Å². The van der Waals surface area contributed by atoms with Crippen LogP contribution in [0.25, 0.3) is 5.65 Å². The van der Waals surface area contributed by atoms with Crippen LogP contribution in [0, 0.1) is 6.92 Å². The van der Waals surface area contributed by atoms with E-state index in [2.05, 4.69) is 22.5 Å². The summed E-state index contributed by atoms with van der Waals surface area (Å²) in [5.41, 5.74) is 3.55. The Kier molecular flexibility index (Phi) is 8.32. The van der Waals surface area contributed by atoms with Crippen molar-refractivity contribution < 1.29 is 9.53 Å². The zero-order valence-electron chi connectivity index (χ0n) is 16.3. The van der Waals surface area contributed by atoms with Crippen LogP contribution in [0.4, 0.5) is 0 Å². The van der Waals surface area contributed by atoms with Crippen molar-refractivity contribution in [1.29, 1.82) is 0 Å². The zero-order chi connectivity index (χ0) is 18.6. The SMILES string of the molecule is Cc1ccc2nc(COc3cccc(C(=O)NC4CCNCC4)c3)cn2c1.Cl.Cl. The number of ether oxygens (including phenoxy) is 1. The summed E-state index contributed by atoms with van der Waals surface area (Å²) in [5.74, 6) is 0.622. The fraction of sp³-hybridized carbons (Fsp3) is 0.333. The molecule has 1 amide bonds. The van der Waals surface area contributed by atoms with Crippen LogP contribution in [0.1, 0.15) is 34.5 Å². The van der Waals surface area contributed by atoms with Gasteiger partial charge in [0.15, 0.2) is 0 Å². The van der Waals surface area contributed by atoms with E-state index in [0.717, 1.165) is 37.3 Å². The first-order chi connectivity index (χ1) is 13.2. The van der Waals surface area contributed by atoms with Crippen molar-refractivity contribution in [2.45, 2.75) is 32.4 Å². The van der Waals surface area contributed by atoms with Gasteiger partial charge in [-0.1, -0.05) is 12.1 Å². The van der Waals surface area contributed by atoms with Gasteiger partial charge in [-0.05, 0) is 62.7 Å². The average Bonchev–Trinajstić information content (AvgIpc) is 3.09. The largest absolute Gasteiger partial charge is 0.487 e. The number of pyridine rings is 1. The van der Waals surface area contributed by atoms with Gasteiger partial charge in [-0.15, -0.1) is 24.8 Å². The van der Waals surface area contributed by atoms with Crippen LogP contribution in [-0.2, 0) is 6.61 Å². The number of imidazole rings is 1. The lowest BCUT2D eigenvalue weighted by Gasteiger charge is -2.23. The molecule has 1 fully saturated rings. The molecular formula is C21H26Cl2N4O2. The molecule has 1 aliphatic rings. The number of benzene rings is 1. The quantitative estimate of drug-likeness (QED) is 0.641. The number of carbonyl (C=O) groups is 1. The Bertz CT molecular complexity index is 955. The Morgan fingerprint density at radius 1 is 1.21 bits per heavy atom. The van der Waals surface area contributed by atoms with Crippen LogP contribution >= 0.6 is 24.8 Å². The highest BCUT2D eigenvalue weighted by molar-refractivity contribution is 5.94. The molecule has 2 aromatic heterocycles. The third kappa shape index (κ3) is 5.85. The Balaban J connectivity index is 0.00000150. The van der Waals surface area contributed by atoms with Crippen molar-refractivity contribution in [3.05, 3.63) is 65.6 Å². The molecule has 156 valence electrons. The Labute approximate surface area is 182 Å². The number of fused-ring (bicyclic) bond motifs is 1. The van der Waals surface area contributed by atoms with E-state index in [9.17, 15) is 4.79 Å². The number of aromatic nitrogens is 2. The van der Waals surface area contributed by atoms with E-state index in [1.165, 1.54) is 5.56 Å². The normalized spacial score (nSPS) is 14.0. The molecule has 1 saturated heterocycles. The van der Waals surface area contributed by atoms with E-state index in [1.807, 2.05) is 47.1 Å². The van der Waals surface area contributed by atoms with E-state index in [-0.39, 0.29) is 36.8 Å². The van der Waals surface area contributed by atoms with Crippen LogP contribution in [0.15, 0.2) is 48.8 Å². The Morgan fingerprint density at radius 3 is 2.79 bits per heavy atom. The Morgan fingerprint density at radius 2 is 2.00 bits per heavy atom. The van der Waals surface area contributed by atoms with Crippen LogP contribution in [0.3, 0.4) is 0 Å². The standard InChI is InChI=1S/C21H24N4O2.2ClH/c1-15-5-6-20-23-18(13-25(20)12-15)14-27-19-4-2-3-16(11-19)21(26)24-17-7-9-22-10-8-17;;/h2-6,11-13,17,22H,7-10,14H2,1H3,(H,24,26);2*1H. The van der Waals surface area contributed by atoms with Gasteiger partial charge in [0.05, 0.1) is 5.69 Å². The predicted octanol–water partition coefficient (Wildman–Crippen LogP) is 3.55. The van der Waals surface area contributed by atoms with Crippen molar-refractivity contribution in [3.63, 3.8) is 0 Å². The summed E-state index contributed by atoms with van der Waals surface area (Å²) >= 11 is 0. The zero-order valence-corrected chi connectivity index (χ0v) is 17.9. The van der Waals surface area contributed by atoms with Crippen molar-refractivity contribution in [2.24, 2.45) is 0 Å². The number of carbonyl (C=O) groups excluding carboxylic acids is 1. The summed E-state index contributed by atoms with van der Waals surface area (Å²) in [6, 6.07) is 11.6. The summed E-state index contributed by atoms with van der Waals surface area (Å²) in [7, 11) is 0. The smallest absolute Gasteiger partial charge is 0.251 e. The van der Waals surface area contributed by atoms with Gasteiger partial charge in [-0.2, -0.15) is 0 Å². The van der Waals surface area contributed by atoms with Crippen molar-refractivity contribution in [3.8, 4) is 5.75 Å². The van der Waals surface area contributed by atoms with E-state index in [0.29, 0.717) is 17.9 Å². The van der Waals surface area contributed by atoms with Crippen molar-refractivity contribution in [1.82, 2.24) is 20.0 Å². The number of halogens is 2. The minimum absolute atomic E-state index is 0. The maximum atomic E-state index is 12.5. The van der Waals surface area contributed by atoms with Gasteiger partial charge in [-0.3, -0.25) is 4.79 Å². The highest BCUT2D eigenvalue weighted by atomic mass is 35.5. The number of aryl methyl sites for hydroxylation is 1. The second kappa shape index (κ2) is 10.5. The number of hydrogen-bond donors (Lipinski definition) is 2. The molecule has 0 aliphatic carbocycles. The minimum Gasteiger partial charge on any atom is -0.487 e. The summed E-state index contributed by atoms with van der Waals surface area (Å²) in [6.45, 7) is 4.31. The number of nitrogens with zero attached hydrogens (tertiary/aromatic N) is 2. The predicted molar refractivity (Wildman–Crippen MR) is 119 cm³/mol. The maximum absolute atomic E-state index is 12.5. The van der Waals surface area contributed by atoms with Crippen molar-refractivity contribution in [2.75, 3.05) is 13.1 Å². The summed E-state index contributed by atoms with van der Waals surface area (Å²) < 4.78 is 7.86. The molecule has 0 spiro atoms. The van der Waals surface area contributed by atoms with E-state index in [1.54, 1.807) is 6.07 Å². The lowest BCUT2D eigenvalue weighted by atomic mass is 10.1. The third-order valence-electron chi connectivity index (χ3n) is 4.81. The second-order valence-electron chi connectivity index (χ2n) is 7.02. The van der Waals surface area contributed by atoms with Gasteiger partial charge >= 0.3 is 0 Å². The van der Waals surface area contributed by atoms with Crippen LogP contribution in [-0.4, -0.2) is 34.4 Å². The van der Waals surface area contributed by atoms with Crippen molar-refractivity contribution >= 4 is 36.4 Å². The third-order valence-corrected chi connectivity index (χ3v) is 4.81. The van der Waals surface area contributed by atoms with E-state index < -0.39 is 0 Å². The van der Waals surface area contributed by atoms with Crippen LogP contribution in [0.2, 0.25) is 0 Å². The lowest BCUT2D eigenvalue weighted by Crippen LogP contribution is -2.42. The molecule has 1 aliphatic heterocycles. The Hall–Kier alpha value is -2.28. The summed E-state index contributed by atoms with van der Waals surface area (Å²) in [5, 5.41) is 6.41. The molecule has 0 bridgehead atoms. The summed E-state index contributed by atoms with van der Waals surface area (Å²) in [4.78, 5) is 17.0. The number of piperidine rings is 1. The molecule has 0 radical (unpaired) electrons. The van der Waals surface area contributed by atoms with Crippen LogP contribution in [0.5, 0.6) is 5.75 Å². The van der Waals surface area contributed by atoms with Crippen LogP contribution < -0.4 is 15.4 Å². The number of hydrogen-bond acceptors (Lipinski definition) is 4.